The van der Waals surface area contributed by atoms with Crippen LogP contribution in [0.15, 0.2) is 30.4 Å². The van der Waals surface area contributed by atoms with Crippen molar-refractivity contribution in [2.75, 3.05) is 19.8 Å². The maximum Gasteiger partial charge on any atom is 0.345 e. The third kappa shape index (κ3) is 7.16. The number of benzene rings is 1. The van der Waals surface area contributed by atoms with Crippen LogP contribution in [0.4, 0.5) is 0 Å². The van der Waals surface area contributed by atoms with Crippen LogP contribution in [0.1, 0.15) is 26.2 Å². The van der Waals surface area contributed by atoms with Crippen molar-refractivity contribution in [1.29, 1.82) is 0 Å². The Kier molecular flexibility index (Phi) is 8.50. The number of hydrogen-bond donors (Lipinski definition) is 0. The largest absolute Gasteiger partial charge is 0.480 e. The van der Waals surface area contributed by atoms with Crippen LogP contribution >= 0.6 is 23.2 Å². The molecule has 1 amide bonds. The van der Waals surface area contributed by atoms with Gasteiger partial charge in [0.15, 0.2) is 13.2 Å². The van der Waals surface area contributed by atoms with E-state index in [1.165, 1.54) is 18.2 Å². The Morgan fingerprint density at radius 1 is 1.33 bits per heavy atom. The lowest BCUT2D eigenvalue weighted by Crippen LogP contribution is -2.41. The van der Waals surface area contributed by atoms with Gasteiger partial charge in [-0.05, 0) is 50.5 Å². The van der Waals surface area contributed by atoms with E-state index in [2.05, 4.69) is 18.8 Å². The van der Waals surface area contributed by atoms with Gasteiger partial charge in [-0.1, -0.05) is 35.0 Å². The topological polar surface area (TPSA) is 55.8 Å². The lowest BCUT2D eigenvalue weighted by Gasteiger charge is -2.32. The Labute approximate surface area is 169 Å². The van der Waals surface area contributed by atoms with E-state index in [0.717, 1.165) is 25.8 Å². The highest BCUT2D eigenvalue weighted by Gasteiger charge is 2.20. The SMILES string of the molecule is CC1CCCCN1C(=O)C=CC#CCOC(=O)COc1ccc(Cl)cc1Cl. The van der Waals surface area contributed by atoms with E-state index in [4.69, 9.17) is 32.7 Å². The summed E-state index contributed by atoms with van der Waals surface area (Å²) in [6.45, 7) is 2.46. The van der Waals surface area contributed by atoms with Gasteiger partial charge < -0.3 is 14.4 Å². The molecule has 0 saturated carbocycles. The fourth-order valence-electron chi connectivity index (χ4n) is 2.62. The fraction of sp³-hybridized carbons (Fsp3) is 0.400. The minimum Gasteiger partial charge on any atom is -0.480 e. The summed E-state index contributed by atoms with van der Waals surface area (Å²) in [7, 11) is 0. The fourth-order valence-corrected chi connectivity index (χ4v) is 3.09. The molecule has 0 aromatic heterocycles. The number of esters is 1. The van der Waals surface area contributed by atoms with Crippen molar-refractivity contribution in [2.45, 2.75) is 32.2 Å². The second-order valence-corrected chi connectivity index (χ2v) is 6.90. The zero-order chi connectivity index (χ0) is 19.6. The second-order valence-electron chi connectivity index (χ2n) is 6.05. The van der Waals surface area contributed by atoms with Crippen LogP contribution in [0, 0.1) is 11.8 Å². The van der Waals surface area contributed by atoms with E-state index in [0.29, 0.717) is 15.8 Å². The third-order valence-electron chi connectivity index (χ3n) is 4.04. The van der Waals surface area contributed by atoms with Gasteiger partial charge in [-0.25, -0.2) is 4.79 Å². The zero-order valence-electron chi connectivity index (χ0n) is 15.0. The van der Waals surface area contributed by atoms with Gasteiger partial charge in [-0.3, -0.25) is 4.79 Å². The Hall–Kier alpha value is -2.16. The predicted molar refractivity (Wildman–Crippen MR) is 105 cm³/mol. The van der Waals surface area contributed by atoms with Crippen LogP contribution in [-0.2, 0) is 14.3 Å². The van der Waals surface area contributed by atoms with Gasteiger partial charge in [-0.2, -0.15) is 0 Å². The summed E-state index contributed by atoms with van der Waals surface area (Å²) in [4.78, 5) is 25.5. The first-order chi connectivity index (χ1) is 13.0. The number of piperidine rings is 1. The van der Waals surface area contributed by atoms with Gasteiger partial charge in [0, 0.05) is 23.7 Å². The molecular formula is C20H21Cl2NO4. The van der Waals surface area contributed by atoms with Crippen molar-refractivity contribution in [3.8, 4) is 17.6 Å². The van der Waals surface area contributed by atoms with E-state index in [9.17, 15) is 9.59 Å². The number of likely N-dealkylation sites (tertiary alicyclic amines) is 1. The van der Waals surface area contributed by atoms with E-state index < -0.39 is 5.97 Å². The van der Waals surface area contributed by atoms with Crippen molar-refractivity contribution in [3.63, 3.8) is 0 Å². The first-order valence-corrected chi connectivity index (χ1v) is 9.42. The molecule has 2 rings (SSSR count). The predicted octanol–water partition coefficient (Wildman–Crippen LogP) is 3.88. The number of nitrogens with zero attached hydrogens (tertiary/aromatic N) is 1. The van der Waals surface area contributed by atoms with E-state index in [1.807, 2.05) is 4.90 Å². The number of carbonyl (C=O) groups is 2. The number of ether oxygens (including phenoxy) is 2. The van der Waals surface area contributed by atoms with Gasteiger partial charge in [0.2, 0.25) is 5.91 Å². The summed E-state index contributed by atoms with van der Waals surface area (Å²) in [6, 6.07) is 4.97. The number of allylic oxidation sites excluding steroid dienone is 1. The zero-order valence-corrected chi connectivity index (χ0v) is 16.6. The van der Waals surface area contributed by atoms with Crippen LogP contribution in [0.5, 0.6) is 5.75 Å². The normalized spacial score (nSPS) is 16.6. The maximum absolute atomic E-state index is 12.1. The number of halogens is 2. The summed E-state index contributed by atoms with van der Waals surface area (Å²) >= 11 is 11.7. The van der Waals surface area contributed by atoms with Gasteiger partial charge in [0.1, 0.15) is 5.75 Å². The quantitative estimate of drug-likeness (QED) is 0.420. The monoisotopic (exact) mass is 409 g/mol. The molecule has 1 heterocycles. The first-order valence-electron chi connectivity index (χ1n) is 8.66. The molecule has 1 atom stereocenters. The van der Waals surface area contributed by atoms with Crippen molar-refractivity contribution in [1.82, 2.24) is 4.90 Å². The summed E-state index contributed by atoms with van der Waals surface area (Å²) in [5.41, 5.74) is 0. The Morgan fingerprint density at radius 2 is 2.15 bits per heavy atom. The molecule has 7 heteroatoms. The molecule has 0 radical (unpaired) electrons. The van der Waals surface area contributed by atoms with Gasteiger partial charge >= 0.3 is 5.97 Å². The molecule has 1 aliphatic heterocycles. The summed E-state index contributed by atoms with van der Waals surface area (Å²) < 4.78 is 10.2. The van der Waals surface area contributed by atoms with Crippen LogP contribution in [0.2, 0.25) is 10.0 Å². The molecule has 5 nitrogen and oxygen atoms in total. The molecule has 1 aromatic rings. The summed E-state index contributed by atoms with van der Waals surface area (Å²) in [5, 5.41) is 0.791. The van der Waals surface area contributed by atoms with Crippen LogP contribution in [0.25, 0.3) is 0 Å². The molecule has 0 bridgehead atoms. The van der Waals surface area contributed by atoms with Crippen LogP contribution in [0.3, 0.4) is 0 Å². The van der Waals surface area contributed by atoms with E-state index in [1.54, 1.807) is 12.1 Å². The van der Waals surface area contributed by atoms with Gasteiger partial charge in [0.25, 0.3) is 0 Å². The molecule has 1 saturated heterocycles. The van der Waals surface area contributed by atoms with Crippen molar-refractivity contribution >= 4 is 35.1 Å². The Bertz CT molecular complexity index is 767. The van der Waals surface area contributed by atoms with E-state index >= 15 is 0 Å². The third-order valence-corrected chi connectivity index (χ3v) is 4.57. The average molecular weight is 410 g/mol. The molecule has 0 N–H and O–H groups in total. The highest BCUT2D eigenvalue weighted by Crippen LogP contribution is 2.27. The lowest BCUT2D eigenvalue weighted by molar-refractivity contribution is -0.144. The second kappa shape index (κ2) is 10.9. The van der Waals surface area contributed by atoms with Crippen molar-refractivity contribution in [3.05, 3.63) is 40.4 Å². The maximum atomic E-state index is 12.1. The van der Waals surface area contributed by atoms with Crippen molar-refractivity contribution < 1.29 is 19.1 Å². The number of rotatable bonds is 5. The number of amides is 1. The molecule has 27 heavy (non-hydrogen) atoms. The Balaban J connectivity index is 1.68. The first kappa shape index (κ1) is 21.1. The van der Waals surface area contributed by atoms with E-state index in [-0.39, 0.29) is 25.2 Å². The Morgan fingerprint density at radius 3 is 2.89 bits per heavy atom. The standard InChI is InChI=1S/C20H21Cl2NO4/c1-15-7-4-5-11-23(15)19(24)8-3-2-6-12-26-20(25)14-27-18-10-9-16(21)13-17(18)22/h3,8-10,13,15H,4-5,7,11-12,14H2,1H3. The summed E-state index contributed by atoms with van der Waals surface area (Å²) in [5.74, 6) is 5.07. The lowest BCUT2D eigenvalue weighted by atomic mass is 10.0. The molecule has 1 unspecified atom stereocenters. The molecule has 0 aliphatic carbocycles. The number of hydrogen-bond acceptors (Lipinski definition) is 4. The number of carbonyl (C=O) groups excluding carboxylic acids is 2. The molecule has 144 valence electrons. The molecule has 1 aromatic carbocycles. The van der Waals surface area contributed by atoms with Crippen molar-refractivity contribution in [2.24, 2.45) is 0 Å². The van der Waals surface area contributed by atoms with Crippen LogP contribution in [-0.4, -0.2) is 42.6 Å². The highest BCUT2D eigenvalue weighted by atomic mass is 35.5. The minimum atomic E-state index is -0.572. The highest BCUT2D eigenvalue weighted by molar-refractivity contribution is 6.35. The molecular weight excluding hydrogens is 389 g/mol. The van der Waals surface area contributed by atoms with Gasteiger partial charge in [0.05, 0.1) is 5.02 Å². The van der Waals surface area contributed by atoms with Gasteiger partial charge in [-0.15, -0.1) is 0 Å². The molecule has 1 fully saturated rings. The average Bonchev–Trinajstić information content (AvgIpc) is 2.64. The minimum absolute atomic E-state index is 0.0401. The molecule has 1 aliphatic rings. The molecule has 0 spiro atoms. The summed E-state index contributed by atoms with van der Waals surface area (Å²) in [6.07, 6.45) is 6.15. The smallest absolute Gasteiger partial charge is 0.345 e. The van der Waals surface area contributed by atoms with Crippen LogP contribution < -0.4 is 4.74 Å².